The van der Waals surface area contributed by atoms with Crippen molar-refractivity contribution in [2.75, 3.05) is 5.88 Å². The van der Waals surface area contributed by atoms with Gasteiger partial charge in [-0.15, -0.1) is 11.6 Å². The number of carbonyl (C=O) groups excluding carboxylic acids is 1. The lowest BCUT2D eigenvalue weighted by molar-refractivity contribution is -0.140. The maximum Gasteiger partial charge on any atom is 0.419 e. The molecule has 1 aromatic carbocycles. The number of hydrogen-bond donors (Lipinski definition) is 0. The molecule has 0 spiro atoms. The van der Waals surface area contributed by atoms with Crippen molar-refractivity contribution in [3.63, 3.8) is 0 Å². The average Bonchev–Trinajstić information content (AvgIpc) is 2.27. The fourth-order valence-corrected chi connectivity index (χ4v) is 1.75. The number of Topliss-reactive ketones (excluding diaryl/α,β-unsaturated/α-hetero) is 1. The number of hydrogen-bond acceptors (Lipinski definition) is 1. The van der Waals surface area contributed by atoms with Gasteiger partial charge < -0.3 is 0 Å². The predicted molar refractivity (Wildman–Crippen MR) is 60.3 cm³/mol. The van der Waals surface area contributed by atoms with Gasteiger partial charge in [0.2, 0.25) is 0 Å². The van der Waals surface area contributed by atoms with Crippen LogP contribution in [0.5, 0.6) is 0 Å². The maximum atomic E-state index is 13.2. The Balaban J connectivity index is 3.02. The van der Waals surface area contributed by atoms with Gasteiger partial charge in [-0.2, -0.15) is 13.2 Å². The third kappa shape index (κ3) is 3.70. The second kappa shape index (κ2) is 6.18. The van der Waals surface area contributed by atoms with Crippen molar-refractivity contribution in [3.8, 4) is 0 Å². The van der Waals surface area contributed by atoms with Gasteiger partial charge in [-0.3, -0.25) is 4.79 Å². The van der Waals surface area contributed by atoms with Crippen LogP contribution in [-0.2, 0) is 6.18 Å². The lowest BCUT2D eigenvalue weighted by Gasteiger charge is -2.12. The number of carbonyl (C=O) groups is 1. The fourth-order valence-electron chi connectivity index (χ4n) is 1.56. The molecule has 0 unspecified atom stereocenters. The van der Waals surface area contributed by atoms with Crippen molar-refractivity contribution >= 4 is 17.4 Å². The Bertz CT molecular complexity index is 429. The number of rotatable bonds is 5. The van der Waals surface area contributed by atoms with Crippen molar-refractivity contribution in [1.82, 2.24) is 0 Å². The first kappa shape index (κ1) is 15.0. The molecule has 100 valence electrons. The summed E-state index contributed by atoms with van der Waals surface area (Å²) in [5.74, 6) is -1.81. The van der Waals surface area contributed by atoms with Crippen molar-refractivity contribution in [2.24, 2.45) is 0 Å². The zero-order valence-corrected chi connectivity index (χ0v) is 10.1. The van der Waals surface area contributed by atoms with Crippen LogP contribution in [0.1, 0.15) is 35.2 Å². The summed E-state index contributed by atoms with van der Waals surface area (Å²) in [6, 6.07) is 2.78. The molecular formula is C12H11ClF4O. The van der Waals surface area contributed by atoms with Crippen LogP contribution in [0.15, 0.2) is 18.2 Å². The van der Waals surface area contributed by atoms with Gasteiger partial charge in [-0.25, -0.2) is 4.39 Å². The topological polar surface area (TPSA) is 17.1 Å². The highest BCUT2D eigenvalue weighted by Crippen LogP contribution is 2.34. The predicted octanol–water partition coefficient (Wildman–Crippen LogP) is 4.44. The molecule has 0 heterocycles. The van der Waals surface area contributed by atoms with Gasteiger partial charge in [0.25, 0.3) is 0 Å². The van der Waals surface area contributed by atoms with E-state index in [-0.39, 0.29) is 6.42 Å². The molecule has 0 aliphatic rings. The van der Waals surface area contributed by atoms with E-state index in [2.05, 4.69) is 0 Å². The van der Waals surface area contributed by atoms with Crippen LogP contribution in [0.4, 0.5) is 17.6 Å². The summed E-state index contributed by atoms with van der Waals surface area (Å²) in [6.45, 7) is 0. The summed E-state index contributed by atoms with van der Waals surface area (Å²) in [6.07, 6.45) is -4.03. The monoisotopic (exact) mass is 282 g/mol. The first-order valence-electron chi connectivity index (χ1n) is 5.32. The molecule has 1 aromatic rings. The normalized spacial score (nSPS) is 11.6. The number of unbranched alkanes of at least 4 members (excludes halogenated alkanes) is 1. The van der Waals surface area contributed by atoms with E-state index in [1.54, 1.807) is 0 Å². The van der Waals surface area contributed by atoms with E-state index < -0.39 is 28.9 Å². The second-order valence-corrected chi connectivity index (χ2v) is 4.11. The highest BCUT2D eigenvalue weighted by atomic mass is 35.5. The molecule has 0 amide bonds. The maximum absolute atomic E-state index is 13.2. The SMILES string of the molecule is O=C(CCCCCl)c1cccc(F)c1C(F)(F)F. The molecule has 0 atom stereocenters. The summed E-state index contributed by atoms with van der Waals surface area (Å²) in [4.78, 5) is 11.6. The Kier molecular flexibility index (Phi) is 5.14. The molecule has 1 rings (SSSR count). The van der Waals surface area contributed by atoms with E-state index in [0.717, 1.165) is 12.1 Å². The standard InChI is InChI=1S/C12H11ClF4O/c13-7-2-1-6-10(18)8-4-3-5-9(14)11(8)12(15,16)17/h3-5H,1-2,6-7H2. The van der Waals surface area contributed by atoms with Gasteiger partial charge in [-0.05, 0) is 18.9 Å². The zero-order chi connectivity index (χ0) is 13.8. The molecule has 1 nitrogen and oxygen atoms in total. The molecule has 0 fully saturated rings. The molecule has 18 heavy (non-hydrogen) atoms. The number of halogens is 5. The molecule has 0 N–H and O–H groups in total. The minimum Gasteiger partial charge on any atom is -0.294 e. The van der Waals surface area contributed by atoms with Crippen molar-refractivity contribution in [2.45, 2.75) is 25.4 Å². The van der Waals surface area contributed by atoms with Crippen molar-refractivity contribution < 1.29 is 22.4 Å². The summed E-state index contributed by atoms with van der Waals surface area (Å²) in [7, 11) is 0. The number of benzene rings is 1. The first-order valence-corrected chi connectivity index (χ1v) is 5.86. The van der Waals surface area contributed by atoms with E-state index in [0.29, 0.717) is 24.8 Å². The summed E-state index contributed by atoms with van der Waals surface area (Å²) >= 11 is 5.41. The van der Waals surface area contributed by atoms with Gasteiger partial charge in [-0.1, -0.05) is 12.1 Å². The second-order valence-electron chi connectivity index (χ2n) is 3.73. The third-order valence-corrected chi connectivity index (χ3v) is 2.65. The van der Waals surface area contributed by atoms with Crippen LogP contribution in [0.25, 0.3) is 0 Å². The van der Waals surface area contributed by atoms with Crippen LogP contribution in [0, 0.1) is 5.82 Å². The van der Waals surface area contributed by atoms with Gasteiger partial charge in [0.05, 0.1) is 0 Å². The Hall–Kier alpha value is -1.10. The fraction of sp³-hybridized carbons (Fsp3) is 0.417. The van der Waals surface area contributed by atoms with Crippen LogP contribution in [0.2, 0.25) is 0 Å². The van der Waals surface area contributed by atoms with E-state index >= 15 is 0 Å². The highest BCUT2D eigenvalue weighted by molar-refractivity contribution is 6.17. The van der Waals surface area contributed by atoms with Gasteiger partial charge >= 0.3 is 6.18 Å². The average molecular weight is 283 g/mol. The van der Waals surface area contributed by atoms with Crippen molar-refractivity contribution in [1.29, 1.82) is 0 Å². The molecular weight excluding hydrogens is 272 g/mol. The summed E-state index contributed by atoms with van der Waals surface area (Å²) < 4.78 is 51.1. The molecule has 0 bridgehead atoms. The molecule has 0 aliphatic heterocycles. The molecule has 0 aromatic heterocycles. The smallest absolute Gasteiger partial charge is 0.294 e. The Morgan fingerprint density at radius 1 is 1.22 bits per heavy atom. The van der Waals surface area contributed by atoms with Crippen LogP contribution < -0.4 is 0 Å². The minimum absolute atomic E-state index is 0.0702. The van der Waals surface area contributed by atoms with Gasteiger partial charge in [0.15, 0.2) is 5.78 Å². The molecule has 0 saturated heterocycles. The molecule has 0 radical (unpaired) electrons. The Labute approximate surface area is 107 Å². The van der Waals surface area contributed by atoms with Crippen LogP contribution in [0.3, 0.4) is 0 Å². The van der Waals surface area contributed by atoms with E-state index in [9.17, 15) is 22.4 Å². The molecule has 0 aliphatic carbocycles. The molecule has 0 saturated carbocycles. The van der Waals surface area contributed by atoms with Gasteiger partial charge in [0.1, 0.15) is 11.4 Å². The summed E-state index contributed by atoms with van der Waals surface area (Å²) in [5.41, 5.74) is -2.10. The lowest BCUT2D eigenvalue weighted by atomic mass is 9.99. The zero-order valence-electron chi connectivity index (χ0n) is 9.36. The quantitative estimate of drug-likeness (QED) is 0.338. The van der Waals surface area contributed by atoms with E-state index in [1.807, 2.05) is 0 Å². The highest BCUT2D eigenvalue weighted by Gasteiger charge is 2.38. The Morgan fingerprint density at radius 3 is 2.44 bits per heavy atom. The van der Waals surface area contributed by atoms with E-state index in [1.165, 1.54) is 0 Å². The first-order chi connectivity index (χ1) is 8.38. The van der Waals surface area contributed by atoms with E-state index in [4.69, 9.17) is 11.6 Å². The van der Waals surface area contributed by atoms with Crippen LogP contribution in [-0.4, -0.2) is 11.7 Å². The molecule has 6 heteroatoms. The third-order valence-electron chi connectivity index (χ3n) is 2.38. The largest absolute Gasteiger partial charge is 0.419 e. The summed E-state index contributed by atoms with van der Waals surface area (Å²) in [5, 5.41) is 0. The lowest BCUT2D eigenvalue weighted by Crippen LogP contribution is -2.15. The van der Waals surface area contributed by atoms with Gasteiger partial charge in [0, 0.05) is 17.9 Å². The number of alkyl halides is 4. The minimum atomic E-state index is -4.87. The van der Waals surface area contributed by atoms with Crippen molar-refractivity contribution in [3.05, 3.63) is 35.1 Å². The number of ketones is 1. The van der Waals surface area contributed by atoms with Crippen LogP contribution >= 0.6 is 11.6 Å². The Morgan fingerprint density at radius 2 is 1.89 bits per heavy atom.